The normalized spacial score (nSPS) is 18.6. The van der Waals surface area contributed by atoms with Gasteiger partial charge in [0.2, 0.25) is 5.88 Å². The largest absolute Gasteiger partial charge is 0.472 e. The molecule has 0 spiro atoms. The third-order valence-electron chi connectivity index (χ3n) is 6.43. The van der Waals surface area contributed by atoms with Gasteiger partial charge in [0.25, 0.3) is 5.91 Å². The summed E-state index contributed by atoms with van der Waals surface area (Å²) in [6.07, 6.45) is 6.52. The van der Waals surface area contributed by atoms with E-state index in [0.29, 0.717) is 30.8 Å². The molecule has 0 saturated heterocycles. The Kier molecular flexibility index (Phi) is 7.88. The molecule has 9 nitrogen and oxygen atoms in total. The number of carbonyl (C=O) groups is 1. The molecular formula is C27H30N6O3. The highest BCUT2D eigenvalue weighted by Gasteiger charge is 2.34. The second-order valence-corrected chi connectivity index (χ2v) is 9.33. The number of carbonyl (C=O) groups excluding carboxylic acids is 1. The number of aliphatic hydroxyl groups is 1. The van der Waals surface area contributed by atoms with E-state index in [9.17, 15) is 9.90 Å². The van der Waals surface area contributed by atoms with Crippen molar-refractivity contribution in [1.29, 1.82) is 5.26 Å². The molecule has 3 aromatic rings. The number of pyridine rings is 1. The maximum absolute atomic E-state index is 13.6. The first-order valence-corrected chi connectivity index (χ1v) is 11.9. The molecular weight excluding hydrogens is 456 g/mol. The minimum Gasteiger partial charge on any atom is -0.472 e. The van der Waals surface area contributed by atoms with E-state index < -0.39 is 0 Å². The Morgan fingerprint density at radius 1 is 1.22 bits per heavy atom. The number of aromatic nitrogens is 3. The first-order valence-electron chi connectivity index (χ1n) is 11.9. The quantitative estimate of drug-likeness (QED) is 0.542. The van der Waals surface area contributed by atoms with Gasteiger partial charge in [-0.25, -0.2) is 15.0 Å². The molecule has 1 aliphatic heterocycles. The molecule has 1 aliphatic rings. The van der Waals surface area contributed by atoms with E-state index in [1.807, 2.05) is 33.0 Å². The van der Waals surface area contributed by atoms with Crippen molar-refractivity contribution in [2.75, 3.05) is 26.7 Å². The molecule has 0 aliphatic carbocycles. The summed E-state index contributed by atoms with van der Waals surface area (Å²) in [5.41, 5.74) is 3.50. The highest BCUT2D eigenvalue weighted by atomic mass is 16.5. The standard InChI is InChI=1S/C27H30N6O3/c1-18-13-33(19(2)16-34)27(35)24-8-23(22-6-4-20(9-28)5-7-22)12-31-26(24)36-25(18)15-32(3)14-21-10-29-17-30-11-21/h4-8,10-12,17-19,25,34H,13-16H2,1-3H3/t18-,19-,25+/m1/s1. The van der Waals surface area contributed by atoms with Crippen LogP contribution in [0.2, 0.25) is 0 Å². The fraction of sp³-hybridized carbons (Fsp3) is 0.370. The van der Waals surface area contributed by atoms with E-state index in [0.717, 1.165) is 16.7 Å². The zero-order valence-electron chi connectivity index (χ0n) is 20.7. The SMILES string of the molecule is C[C@@H]1CN([C@H](C)CO)C(=O)c2cc(-c3ccc(C#N)cc3)cnc2O[C@H]1CN(C)Cc1cncnc1. The van der Waals surface area contributed by atoms with Crippen molar-refractivity contribution in [2.45, 2.75) is 32.5 Å². The molecule has 2 aromatic heterocycles. The van der Waals surface area contributed by atoms with Crippen molar-refractivity contribution >= 4 is 5.91 Å². The summed E-state index contributed by atoms with van der Waals surface area (Å²) in [6, 6.07) is 10.7. The van der Waals surface area contributed by atoms with E-state index in [1.54, 1.807) is 41.7 Å². The van der Waals surface area contributed by atoms with E-state index in [1.165, 1.54) is 6.33 Å². The van der Waals surface area contributed by atoms with Gasteiger partial charge in [0.1, 0.15) is 18.0 Å². The fourth-order valence-corrected chi connectivity index (χ4v) is 4.31. The minimum atomic E-state index is -0.357. The maximum Gasteiger partial charge on any atom is 0.259 e. The zero-order chi connectivity index (χ0) is 25.7. The molecule has 3 heterocycles. The maximum atomic E-state index is 13.6. The molecule has 0 fully saturated rings. The molecule has 0 radical (unpaired) electrons. The lowest BCUT2D eigenvalue weighted by atomic mass is 9.99. The Labute approximate surface area is 211 Å². The van der Waals surface area contributed by atoms with Crippen LogP contribution in [0.4, 0.5) is 0 Å². The number of amides is 1. The van der Waals surface area contributed by atoms with Crippen molar-refractivity contribution in [3.63, 3.8) is 0 Å². The molecule has 0 unspecified atom stereocenters. The Morgan fingerprint density at radius 3 is 2.61 bits per heavy atom. The Balaban J connectivity index is 1.66. The van der Waals surface area contributed by atoms with Gasteiger partial charge >= 0.3 is 0 Å². The molecule has 1 amide bonds. The van der Waals surface area contributed by atoms with Gasteiger partial charge in [0.05, 0.1) is 24.3 Å². The number of nitriles is 1. The number of rotatable bonds is 7. The average molecular weight is 487 g/mol. The van der Waals surface area contributed by atoms with Gasteiger partial charge in [-0.3, -0.25) is 9.69 Å². The summed E-state index contributed by atoms with van der Waals surface area (Å²) in [7, 11) is 2.00. The number of benzene rings is 1. The van der Waals surface area contributed by atoms with E-state index >= 15 is 0 Å². The van der Waals surface area contributed by atoms with Crippen molar-refractivity contribution < 1.29 is 14.6 Å². The van der Waals surface area contributed by atoms with Gasteiger partial charge in [0, 0.05) is 55.3 Å². The van der Waals surface area contributed by atoms with Crippen molar-refractivity contribution in [1.82, 2.24) is 24.8 Å². The second-order valence-electron chi connectivity index (χ2n) is 9.33. The average Bonchev–Trinajstić information content (AvgIpc) is 2.90. The van der Waals surface area contributed by atoms with Gasteiger partial charge in [-0.2, -0.15) is 5.26 Å². The predicted octanol–water partition coefficient (Wildman–Crippen LogP) is 2.76. The number of nitrogens with zero attached hydrogens (tertiary/aromatic N) is 6. The van der Waals surface area contributed by atoms with Crippen LogP contribution in [-0.2, 0) is 6.54 Å². The first-order chi connectivity index (χ1) is 17.4. The van der Waals surface area contributed by atoms with Crippen LogP contribution in [0, 0.1) is 17.2 Å². The molecule has 1 N–H and O–H groups in total. The topological polar surface area (TPSA) is 115 Å². The van der Waals surface area contributed by atoms with Gasteiger partial charge in [-0.1, -0.05) is 19.1 Å². The summed E-state index contributed by atoms with van der Waals surface area (Å²) in [6.45, 7) is 5.43. The Hall–Kier alpha value is -3.87. The molecule has 186 valence electrons. The first kappa shape index (κ1) is 25.2. The molecule has 3 atom stereocenters. The van der Waals surface area contributed by atoms with Crippen LogP contribution in [0.25, 0.3) is 11.1 Å². The predicted molar refractivity (Wildman–Crippen MR) is 134 cm³/mol. The van der Waals surface area contributed by atoms with Gasteiger partial charge in [-0.15, -0.1) is 0 Å². The summed E-state index contributed by atoms with van der Waals surface area (Å²) >= 11 is 0. The van der Waals surface area contributed by atoms with E-state index in [4.69, 9.17) is 10.00 Å². The van der Waals surface area contributed by atoms with Crippen molar-refractivity contribution in [2.24, 2.45) is 5.92 Å². The van der Waals surface area contributed by atoms with Crippen LogP contribution >= 0.6 is 0 Å². The third-order valence-corrected chi connectivity index (χ3v) is 6.43. The minimum absolute atomic E-state index is 0.00873. The second kappa shape index (κ2) is 11.2. The third kappa shape index (κ3) is 5.67. The molecule has 0 bridgehead atoms. The van der Waals surface area contributed by atoms with E-state index in [-0.39, 0.29) is 36.5 Å². The number of hydrogen-bond donors (Lipinski definition) is 1. The number of ether oxygens (including phenoxy) is 1. The summed E-state index contributed by atoms with van der Waals surface area (Å²) in [5, 5.41) is 19.0. The number of fused-ring (bicyclic) bond motifs is 1. The van der Waals surface area contributed by atoms with Crippen molar-refractivity contribution in [3.8, 4) is 23.1 Å². The molecule has 9 heteroatoms. The number of hydrogen-bond acceptors (Lipinski definition) is 8. The number of likely N-dealkylation sites (N-methyl/N-ethyl adjacent to an activating group) is 1. The lowest BCUT2D eigenvalue weighted by Crippen LogP contribution is -2.49. The summed E-state index contributed by atoms with van der Waals surface area (Å²) < 4.78 is 6.38. The molecule has 4 rings (SSSR count). The molecule has 1 aromatic carbocycles. The summed E-state index contributed by atoms with van der Waals surface area (Å²) in [5.74, 6) is 0.0424. The smallest absolute Gasteiger partial charge is 0.259 e. The van der Waals surface area contributed by atoms with E-state index in [2.05, 4.69) is 25.9 Å². The summed E-state index contributed by atoms with van der Waals surface area (Å²) in [4.78, 5) is 30.2. The van der Waals surface area contributed by atoms with Crippen LogP contribution in [0.5, 0.6) is 5.88 Å². The van der Waals surface area contributed by atoms with Crippen LogP contribution in [0.15, 0.2) is 55.2 Å². The number of aliphatic hydroxyl groups excluding tert-OH is 1. The van der Waals surface area contributed by atoms with Crippen molar-refractivity contribution in [3.05, 3.63) is 71.9 Å². The Bertz CT molecular complexity index is 1230. The van der Waals surface area contributed by atoms with Gasteiger partial charge in [-0.05, 0) is 37.7 Å². The highest BCUT2D eigenvalue weighted by Crippen LogP contribution is 2.30. The fourth-order valence-electron chi connectivity index (χ4n) is 4.31. The molecule has 0 saturated carbocycles. The van der Waals surface area contributed by atoms with Crippen LogP contribution in [0.1, 0.15) is 35.3 Å². The highest BCUT2D eigenvalue weighted by molar-refractivity contribution is 5.98. The van der Waals surface area contributed by atoms with Crippen LogP contribution < -0.4 is 4.74 Å². The molecule has 36 heavy (non-hydrogen) atoms. The lowest BCUT2D eigenvalue weighted by molar-refractivity contribution is 0.0325. The monoisotopic (exact) mass is 486 g/mol. The zero-order valence-corrected chi connectivity index (χ0v) is 20.7. The van der Waals surface area contributed by atoms with Gasteiger partial charge in [0.15, 0.2) is 0 Å². The lowest BCUT2D eigenvalue weighted by Gasteiger charge is -2.37. The van der Waals surface area contributed by atoms with Crippen LogP contribution in [0.3, 0.4) is 0 Å². The Morgan fingerprint density at radius 2 is 1.94 bits per heavy atom. The van der Waals surface area contributed by atoms with Crippen LogP contribution in [-0.4, -0.2) is 74.7 Å². The van der Waals surface area contributed by atoms with Gasteiger partial charge < -0.3 is 14.7 Å².